The van der Waals surface area contributed by atoms with Gasteiger partial charge in [0.15, 0.2) is 0 Å². The van der Waals surface area contributed by atoms with E-state index in [1.807, 2.05) is 12.1 Å². The number of rotatable bonds is 0. The van der Waals surface area contributed by atoms with Crippen molar-refractivity contribution in [3.63, 3.8) is 0 Å². The molecule has 0 aliphatic carbocycles. The molecule has 6 heavy (non-hydrogen) atoms. The molecular formula is C4H4OTi+3. The Morgan fingerprint density at radius 2 is 1.50 bits per heavy atom. The molecule has 0 saturated heterocycles. The van der Waals surface area contributed by atoms with Gasteiger partial charge in [-0.05, 0) is 12.1 Å². The molecule has 1 heterocycles. The summed E-state index contributed by atoms with van der Waals surface area (Å²) in [5.41, 5.74) is 0. The van der Waals surface area contributed by atoms with Gasteiger partial charge in [-0.15, -0.1) is 0 Å². The molecule has 0 fully saturated rings. The molecule has 0 atom stereocenters. The number of hydrogen-bond donors (Lipinski definition) is 0. The van der Waals surface area contributed by atoms with Crippen molar-refractivity contribution in [1.29, 1.82) is 0 Å². The van der Waals surface area contributed by atoms with Gasteiger partial charge in [0.05, 0.1) is 12.5 Å². The van der Waals surface area contributed by atoms with Gasteiger partial charge in [-0.25, -0.2) is 0 Å². The average Bonchev–Trinajstić information content (AvgIpc) is 1.76. The van der Waals surface area contributed by atoms with Crippen molar-refractivity contribution in [2.24, 2.45) is 0 Å². The second-order valence-corrected chi connectivity index (χ2v) is 0.793. The summed E-state index contributed by atoms with van der Waals surface area (Å²) < 4.78 is 4.58. The van der Waals surface area contributed by atoms with Crippen LogP contribution in [0.3, 0.4) is 0 Å². The van der Waals surface area contributed by atoms with E-state index in [9.17, 15) is 0 Å². The van der Waals surface area contributed by atoms with Crippen LogP contribution in [0.5, 0.6) is 0 Å². The molecule has 0 saturated carbocycles. The quantitative estimate of drug-likeness (QED) is 0.465. The molecule has 0 bridgehead atoms. The fraction of sp³-hybridized carbons (Fsp3) is 0. The smallest absolute Gasteiger partial charge is 0.473 e. The van der Waals surface area contributed by atoms with Gasteiger partial charge in [0.1, 0.15) is 0 Å². The summed E-state index contributed by atoms with van der Waals surface area (Å²) in [4.78, 5) is 0. The van der Waals surface area contributed by atoms with Crippen LogP contribution in [0.15, 0.2) is 29.1 Å². The zero-order chi connectivity index (χ0) is 3.54. The minimum Gasteiger partial charge on any atom is -0.473 e. The minimum atomic E-state index is 0. The number of hydrogen-bond acceptors (Lipinski definition) is 1. The maximum Gasteiger partial charge on any atom is 3.00 e. The molecule has 2 heteroatoms. The first-order chi connectivity index (χ1) is 2.50. The van der Waals surface area contributed by atoms with Crippen molar-refractivity contribution < 1.29 is 26.1 Å². The van der Waals surface area contributed by atoms with Crippen LogP contribution >= 0.6 is 0 Å². The second-order valence-electron chi connectivity index (χ2n) is 0.793. The Balaban J connectivity index is 0.000000250. The summed E-state index contributed by atoms with van der Waals surface area (Å²) >= 11 is 0. The van der Waals surface area contributed by atoms with E-state index in [1.165, 1.54) is 0 Å². The fourth-order valence-corrected chi connectivity index (χ4v) is 0.227. The Morgan fingerprint density at radius 1 is 1.00 bits per heavy atom. The molecule has 0 aliphatic rings. The summed E-state index contributed by atoms with van der Waals surface area (Å²) in [6.07, 6.45) is 3.25. The molecule has 0 spiro atoms. The molecule has 0 aromatic carbocycles. The molecule has 0 aliphatic heterocycles. The maximum absolute atomic E-state index is 4.58. The van der Waals surface area contributed by atoms with Gasteiger partial charge in [0.2, 0.25) is 0 Å². The second kappa shape index (κ2) is 3.19. The zero-order valence-corrected chi connectivity index (χ0v) is 4.78. The van der Waals surface area contributed by atoms with Crippen molar-refractivity contribution in [2.45, 2.75) is 0 Å². The van der Waals surface area contributed by atoms with E-state index in [0.29, 0.717) is 0 Å². The van der Waals surface area contributed by atoms with Crippen LogP contribution in [-0.2, 0) is 21.7 Å². The van der Waals surface area contributed by atoms with Crippen molar-refractivity contribution >= 4 is 0 Å². The van der Waals surface area contributed by atoms with Gasteiger partial charge in [-0.1, -0.05) is 0 Å². The van der Waals surface area contributed by atoms with Crippen LogP contribution in [0.4, 0.5) is 0 Å². The van der Waals surface area contributed by atoms with Gasteiger partial charge in [0.25, 0.3) is 0 Å². The first-order valence-corrected chi connectivity index (χ1v) is 1.47. The van der Waals surface area contributed by atoms with Gasteiger partial charge in [-0.3, -0.25) is 0 Å². The van der Waals surface area contributed by atoms with E-state index in [2.05, 4.69) is 4.42 Å². The SMILES string of the molecule is [Ti+3].c1ccoc1. The van der Waals surface area contributed by atoms with Crippen LogP contribution in [0.25, 0.3) is 0 Å². The molecule has 0 N–H and O–H groups in total. The summed E-state index contributed by atoms with van der Waals surface area (Å²) in [6.45, 7) is 0. The molecule has 1 nitrogen and oxygen atoms in total. The predicted octanol–water partition coefficient (Wildman–Crippen LogP) is 1.28. The van der Waals surface area contributed by atoms with Crippen LogP contribution < -0.4 is 0 Å². The standard InChI is InChI=1S/C4H4O.Ti/c1-2-4-5-3-1;/h1-4H;/q;+3. The molecule has 1 rings (SSSR count). The zero-order valence-electron chi connectivity index (χ0n) is 3.22. The summed E-state index contributed by atoms with van der Waals surface area (Å²) in [6, 6.07) is 3.67. The first kappa shape index (κ1) is 5.99. The van der Waals surface area contributed by atoms with Crippen molar-refractivity contribution in [3.05, 3.63) is 24.7 Å². The predicted molar refractivity (Wildman–Crippen MR) is 18.7 cm³/mol. The van der Waals surface area contributed by atoms with Gasteiger partial charge in [-0.2, -0.15) is 0 Å². The van der Waals surface area contributed by atoms with Crippen molar-refractivity contribution in [1.82, 2.24) is 0 Å². The van der Waals surface area contributed by atoms with Crippen molar-refractivity contribution in [2.75, 3.05) is 0 Å². The van der Waals surface area contributed by atoms with E-state index in [0.717, 1.165) is 0 Å². The van der Waals surface area contributed by atoms with Crippen LogP contribution in [0.2, 0.25) is 0 Å². The van der Waals surface area contributed by atoms with Crippen LogP contribution in [-0.4, -0.2) is 0 Å². The fourth-order valence-electron chi connectivity index (χ4n) is 0.227. The van der Waals surface area contributed by atoms with Crippen LogP contribution in [0.1, 0.15) is 0 Å². The van der Waals surface area contributed by atoms with Gasteiger partial charge in [0, 0.05) is 0 Å². The van der Waals surface area contributed by atoms with Gasteiger partial charge < -0.3 is 4.42 Å². The summed E-state index contributed by atoms with van der Waals surface area (Å²) in [7, 11) is 0. The average molecular weight is 116 g/mol. The third-order valence-corrected chi connectivity index (χ3v) is 0.425. The molecule has 1 aromatic heterocycles. The van der Waals surface area contributed by atoms with E-state index in [4.69, 9.17) is 0 Å². The molecule has 27 valence electrons. The molecule has 1 radical (unpaired) electrons. The molecule has 1 aromatic rings. The summed E-state index contributed by atoms with van der Waals surface area (Å²) in [5.74, 6) is 0. The molecular weight excluding hydrogens is 112 g/mol. The van der Waals surface area contributed by atoms with Crippen LogP contribution in [0, 0.1) is 0 Å². The molecule has 0 unspecified atom stereocenters. The Morgan fingerprint density at radius 3 is 1.67 bits per heavy atom. The van der Waals surface area contributed by atoms with E-state index in [1.54, 1.807) is 12.5 Å². The maximum atomic E-state index is 4.58. The first-order valence-electron chi connectivity index (χ1n) is 1.47. The third kappa shape index (κ3) is 1.44. The Kier molecular flexibility index (Phi) is 3.19. The van der Waals surface area contributed by atoms with E-state index in [-0.39, 0.29) is 21.7 Å². The van der Waals surface area contributed by atoms with E-state index < -0.39 is 0 Å². The summed E-state index contributed by atoms with van der Waals surface area (Å²) in [5, 5.41) is 0. The topological polar surface area (TPSA) is 13.1 Å². The van der Waals surface area contributed by atoms with E-state index >= 15 is 0 Å². The van der Waals surface area contributed by atoms with Gasteiger partial charge >= 0.3 is 21.7 Å². The normalized spacial score (nSPS) is 6.67. The van der Waals surface area contributed by atoms with Crippen molar-refractivity contribution in [3.8, 4) is 0 Å². The largest absolute Gasteiger partial charge is 3.00 e. The minimum absolute atomic E-state index is 0. The Labute approximate surface area is 51.2 Å². The molecule has 0 amide bonds. The Hall–Kier alpha value is -0.00571. The Bertz CT molecular complexity index is 64.0. The number of furan rings is 1. The monoisotopic (exact) mass is 116 g/mol. The third-order valence-electron chi connectivity index (χ3n) is 0.425.